The molecule has 2 amide bonds. The van der Waals surface area contributed by atoms with Crippen LogP contribution in [0.4, 0.5) is 0 Å². The summed E-state index contributed by atoms with van der Waals surface area (Å²) in [5.41, 5.74) is 0.753. The molecule has 1 aromatic heterocycles. The van der Waals surface area contributed by atoms with Gasteiger partial charge in [-0.1, -0.05) is 12.1 Å². The van der Waals surface area contributed by atoms with Crippen LogP contribution in [0.15, 0.2) is 35.8 Å². The van der Waals surface area contributed by atoms with Crippen molar-refractivity contribution < 1.29 is 14.4 Å². The van der Waals surface area contributed by atoms with Gasteiger partial charge >= 0.3 is 0 Å². The van der Waals surface area contributed by atoms with E-state index in [0.717, 1.165) is 5.06 Å². The number of hydrogen-bond donors (Lipinski definition) is 0. The molecule has 0 bridgehead atoms. The number of hydroxylamine groups is 2. The van der Waals surface area contributed by atoms with Crippen molar-refractivity contribution in [2.45, 2.75) is 6.61 Å². The Labute approximate surface area is 107 Å². The second kappa shape index (κ2) is 4.32. The second-order valence-electron chi connectivity index (χ2n) is 3.65. The molecule has 0 N–H and O–H groups in total. The van der Waals surface area contributed by atoms with Gasteiger partial charge in [-0.15, -0.1) is 16.4 Å². The molecule has 1 aliphatic rings. The van der Waals surface area contributed by atoms with Crippen LogP contribution in [0.25, 0.3) is 0 Å². The van der Waals surface area contributed by atoms with E-state index < -0.39 is 11.8 Å². The molecule has 2 aromatic rings. The number of nitrogens with zero attached hydrogens (tertiary/aromatic N) is 2. The number of benzene rings is 1. The third-order valence-electron chi connectivity index (χ3n) is 2.56. The fourth-order valence-corrected chi connectivity index (χ4v) is 2.25. The van der Waals surface area contributed by atoms with Crippen molar-refractivity contribution in [3.63, 3.8) is 0 Å². The molecule has 18 heavy (non-hydrogen) atoms. The van der Waals surface area contributed by atoms with Crippen LogP contribution in [0.3, 0.4) is 0 Å². The lowest BCUT2D eigenvalue weighted by Gasteiger charge is -2.11. The van der Waals surface area contributed by atoms with Gasteiger partial charge in [-0.25, -0.2) is 4.98 Å². The molecule has 0 spiro atoms. The molecule has 0 radical (unpaired) electrons. The third-order valence-corrected chi connectivity index (χ3v) is 3.31. The number of aromatic nitrogens is 1. The lowest BCUT2D eigenvalue weighted by Crippen LogP contribution is -2.29. The van der Waals surface area contributed by atoms with Gasteiger partial charge in [-0.3, -0.25) is 14.4 Å². The number of carbonyl (C=O) groups excluding carboxylic acids is 2. The molecule has 0 saturated carbocycles. The Bertz CT molecular complexity index is 575. The van der Waals surface area contributed by atoms with E-state index in [9.17, 15) is 9.59 Å². The summed E-state index contributed by atoms with van der Waals surface area (Å²) >= 11 is 1.41. The monoisotopic (exact) mass is 260 g/mol. The standard InChI is InChI=1S/C12H8N2O3S/c15-11-8-3-1-2-4-9(8)12(16)14(11)17-7-10-13-5-6-18-10/h1-6H,7H2. The number of hydrogen-bond acceptors (Lipinski definition) is 5. The summed E-state index contributed by atoms with van der Waals surface area (Å²) in [5, 5.41) is 3.32. The van der Waals surface area contributed by atoms with Gasteiger partial charge in [0.15, 0.2) is 0 Å². The topological polar surface area (TPSA) is 59.5 Å². The quantitative estimate of drug-likeness (QED) is 0.790. The Balaban J connectivity index is 1.80. The molecule has 0 unspecified atom stereocenters. The summed E-state index contributed by atoms with van der Waals surface area (Å²) in [5.74, 6) is -0.848. The minimum absolute atomic E-state index is 0.114. The van der Waals surface area contributed by atoms with E-state index >= 15 is 0 Å². The maximum absolute atomic E-state index is 11.9. The molecule has 0 fully saturated rings. The maximum atomic E-state index is 11.9. The molecule has 90 valence electrons. The number of rotatable bonds is 3. The van der Waals surface area contributed by atoms with E-state index in [1.54, 1.807) is 35.8 Å². The third kappa shape index (κ3) is 1.71. The van der Waals surface area contributed by atoms with Crippen LogP contribution in [-0.4, -0.2) is 21.9 Å². The largest absolute Gasteiger partial charge is 0.285 e. The molecule has 5 nitrogen and oxygen atoms in total. The zero-order valence-corrected chi connectivity index (χ0v) is 10.0. The summed E-state index contributed by atoms with van der Waals surface area (Å²) in [7, 11) is 0. The molecular weight excluding hydrogens is 252 g/mol. The first-order valence-electron chi connectivity index (χ1n) is 5.26. The fraction of sp³-hybridized carbons (Fsp3) is 0.0833. The van der Waals surface area contributed by atoms with Gasteiger partial charge in [0.1, 0.15) is 11.6 Å². The maximum Gasteiger partial charge on any atom is 0.285 e. The lowest BCUT2D eigenvalue weighted by molar-refractivity contribution is -0.101. The average molecular weight is 260 g/mol. The van der Waals surface area contributed by atoms with E-state index in [1.807, 2.05) is 0 Å². The van der Waals surface area contributed by atoms with E-state index in [4.69, 9.17) is 4.84 Å². The minimum Gasteiger partial charge on any atom is -0.266 e. The van der Waals surface area contributed by atoms with Gasteiger partial charge in [0, 0.05) is 11.6 Å². The summed E-state index contributed by atoms with van der Waals surface area (Å²) in [4.78, 5) is 33.1. The highest BCUT2D eigenvalue weighted by Gasteiger charge is 2.36. The first kappa shape index (κ1) is 11.1. The van der Waals surface area contributed by atoms with Gasteiger partial charge in [0.25, 0.3) is 11.8 Å². The van der Waals surface area contributed by atoms with Crippen LogP contribution in [0, 0.1) is 0 Å². The van der Waals surface area contributed by atoms with Crippen molar-refractivity contribution in [2.75, 3.05) is 0 Å². The molecule has 1 aliphatic heterocycles. The van der Waals surface area contributed by atoms with Crippen molar-refractivity contribution in [1.29, 1.82) is 0 Å². The van der Waals surface area contributed by atoms with Crippen LogP contribution in [0.1, 0.15) is 25.7 Å². The first-order chi connectivity index (χ1) is 8.77. The van der Waals surface area contributed by atoms with Crippen LogP contribution < -0.4 is 0 Å². The van der Waals surface area contributed by atoms with E-state index in [2.05, 4.69) is 4.98 Å². The number of amides is 2. The van der Waals surface area contributed by atoms with Gasteiger partial charge in [-0.05, 0) is 12.1 Å². The van der Waals surface area contributed by atoms with Crippen molar-refractivity contribution in [3.8, 4) is 0 Å². The normalized spacial score (nSPS) is 14.1. The smallest absolute Gasteiger partial charge is 0.266 e. The van der Waals surface area contributed by atoms with Crippen molar-refractivity contribution in [1.82, 2.24) is 10.0 Å². The average Bonchev–Trinajstić information content (AvgIpc) is 2.98. The highest BCUT2D eigenvalue weighted by atomic mass is 32.1. The van der Waals surface area contributed by atoms with Crippen LogP contribution in [-0.2, 0) is 11.4 Å². The van der Waals surface area contributed by atoms with Gasteiger partial charge < -0.3 is 0 Å². The Morgan fingerprint density at radius 2 is 1.83 bits per heavy atom. The predicted octanol–water partition coefficient (Wildman–Crippen LogP) is 1.87. The van der Waals surface area contributed by atoms with Gasteiger partial charge in [0.2, 0.25) is 0 Å². The molecule has 3 rings (SSSR count). The Morgan fingerprint density at radius 1 is 1.17 bits per heavy atom. The summed E-state index contributed by atoms with van der Waals surface area (Å²) in [6.45, 7) is 0.114. The Morgan fingerprint density at radius 3 is 2.39 bits per heavy atom. The van der Waals surface area contributed by atoms with E-state index in [1.165, 1.54) is 11.3 Å². The number of imide groups is 1. The van der Waals surface area contributed by atoms with Crippen molar-refractivity contribution >= 4 is 23.2 Å². The second-order valence-corrected chi connectivity index (χ2v) is 4.63. The molecule has 1 aromatic carbocycles. The Hall–Kier alpha value is -2.05. The molecule has 0 saturated heterocycles. The number of carbonyl (C=O) groups is 2. The highest BCUT2D eigenvalue weighted by Crippen LogP contribution is 2.23. The van der Waals surface area contributed by atoms with Gasteiger partial charge in [0.05, 0.1) is 11.1 Å². The zero-order valence-electron chi connectivity index (χ0n) is 9.20. The van der Waals surface area contributed by atoms with E-state index in [0.29, 0.717) is 16.1 Å². The molecule has 2 heterocycles. The predicted molar refractivity (Wildman–Crippen MR) is 63.8 cm³/mol. The summed E-state index contributed by atoms with van der Waals surface area (Å²) in [6, 6.07) is 6.66. The summed E-state index contributed by atoms with van der Waals surface area (Å²) in [6.07, 6.45) is 1.64. The number of thiazole rings is 1. The van der Waals surface area contributed by atoms with Crippen molar-refractivity contribution in [3.05, 3.63) is 52.0 Å². The van der Waals surface area contributed by atoms with Crippen LogP contribution in [0.5, 0.6) is 0 Å². The Kier molecular flexibility index (Phi) is 2.66. The SMILES string of the molecule is O=C1c2ccccc2C(=O)N1OCc1nccs1. The van der Waals surface area contributed by atoms with Gasteiger partial charge in [-0.2, -0.15) is 0 Å². The fourth-order valence-electron chi connectivity index (χ4n) is 1.73. The lowest BCUT2D eigenvalue weighted by atomic mass is 10.1. The number of fused-ring (bicyclic) bond motifs is 1. The van der Waals surface area contributed by atoms with Crippen LogP contribution in [0.2, 0.25) is 0 Å². The van der Waals surface area contributed by atoms with Crippen molar-refractivity contribution in [2.24, 2.45) is 0 Å². The molecule has 0 aliphatic carbocycles. The molecule has 6 heteroatoms. The molecule has 0 atom stereocenters. The van der Waals surface area contributed by atoms with Crippen LogP contribution >= 0.6 is 11.3 Å². The summed E-state index contributed by atoms with van der Waals surface area (Å²) < 4.78 is 0. The highest BCUT2D eigenvalue weighted by molar-refractivity contribution is 7.09. The zero-order chi connectivity index (χ0) is 12.5. The first-order valence-corrected chi connectivity index (χ1v) is 6.14. The minimum atomic E-state index is -0.424. The molecular formula is C12H8N2O3S. The van der Waals surface area contributed by atoms with E-state index in [-0.39, 0.29) is 6.61 Å².